The Hall–Kier alpha value is -3.44. The van der Waals surface area contributed by atoms with Crippen LogP contribution in [0.2, 0.25) is 0 Å². The first kappa shape index (κ1) is 18.9. The molecule has 2 heterocycles. The Kier molecular flexibility index (Phi) is 4.91. The Morgan fingerprint density at radius 1 is 1.24 bits per heavy atom. The second-order valence-electron chi connectivity index (χ2n) is 6.68. The number of aromatic nitrogens is 2. The molecule has 1 aromatic heterocycles. The number of rotatable bonds is 3. The van der Waals surface area contributed by atoms with Gasteiger partial charge in [-0.3, -0.25) is 15.3 Å². The van der Waals surface area contributed by atoms with Crippen molar-refractivity contribution in [2.24, 2.45) is 5.92 Å². The molecule has 1 aliphatic heterocycles. The van der Waals surface area contributed by atoms with Crippen LogP contribution < -0.4 is 10.1 Å². The fraction of sp³-hybridized carbons (Fsp3) is 0.143. The summed E-state index contributed by atoms with van der Waals surface area (Å²) in [6.07, 6.45) is 0. The number of hydrogen-bond donors (Lipinski definition) is 3. The van der Waals surface area contributed by atoms with E-state index in [2.05, 4.69) is 37.5 Å². The molecule has 2 aromatic carbocycles. The van der Waals surface area contributed by atoms with Crippen LogP contribution in [0.4, 0.5) is 5.69 Å². The Balaban J connectivity index is 1.84. The minimum absolute atomic E-state index is 0.134. The van der Waals surface area contributed by atoms with Crippen molar-refractivity contribution in [1.29, 1.82) is 10.7 Å². The van der Waals surface area contributed by atoms with Crippen molar-refractivity contribution in [3.8, 4) is 23.2 Å². The summed E-state index contributed by atoms with van der Waals surface area (Å²) in [6.45, 7) is 1.45. The van der Waals surface area contributed by atoms with E-state index in [0.29, 0.717) is 11.6 Å². The fourth-order valence-electron chi connectivity index (χ4n) is 3.49. The summed E-state index contributed by atoms with van der Waals surface area (Å²) in [6, 6.07) is 17.2. The van der Waals surface area contributed by atoms with Crippen molar-refractivity contribution in [2.45, 2.75) is 12.8 Å². The van der Waals surface area contributed by atoms with E-state index in [9.17, 15) is 10.1 Å². The number of halogens is 1. The highest BCUT2D eigenvalue weighted by Gasteiger charge is 2.40. The molecular formula is C21H16BrN5O2. The van der Waals surface area contributed by atoms with Crippen LogP contribution in [0.25, 0.3) is 11.3 Å². The van der Waals surface area contributed by atoms with Gasteiger partial charge in [0.25, 0.3) is 0 Å². The van der Waals surface area contributed by atoms with Gasteiger partial charge in [0.1, 0.15) is 5.92 Å². The summed E-state index contributed by atoms with van der Waals surface area (Å²) in [5.74, 6) is -1.21. The van der Waals surface area contributed by atoms with Gasteiger partial charge in [0.2, 0.25) is 17.7 Å². The summed E-state index contributed by atoms with van der Waals surface area (Å²) >= 11 is 3.43. The van der Waals surface area contributed by atoms with E-state index in [1.54, 1.807) is 12.1 Å². The van der Waals surface area contributed by atoms with Crippen molar-refractivity contribution in [3.05, 3.63) is 64.1 Å². The number of ether oxygens (including phenoxy) is 1. The van der Waals surface area contributed by atoms with E-state index < -0.39 is 11.8 Å². The first-order valence-electron chi connectivity index (χ1n) is 8.85. The molecule has 2 atom stereocenters. The monoisotopic (exact) mass is 449 g/mol. The number of nitrogens with zero attached hydrogens (tertiary/aromatic N) is 2. The van der Waals surface area contributed by atoms with Crippen LogP contribution in [0, 0.1) is 22.7 Å². The second kappa shape index (κ2) is 7.53. The number of hydrogen-bond acceptors (Lipinski definition) is 5. The van der Waals surface area contributed by atoms with Crippen LogP contribution in [0.5, 0.6) is 5.88 Å². The predicted molar refractivity (Wildman–Crippen MR) is 112 cm³/mol. The molecule has 0 saturated carbocycles. The van der Waals surface area contributed by atoms with Crippen molar-refractivity contribution in [1.82, 2.24) is 10.2 Å². The average molecular weight is 450 g/mol. The number of nitriles is 1. The lowest BCUT2D eigenvalue weighted by Crippen LogP contribution is -2.30. The highest BCUT2D eigenvalue weighted by molar-refractivity contribution is 9.10. The minimum atomic E-state index is -0.791. The molecule has 29 heavy (non-hydrogen) atoms. The normalized spacial score (nSPS) is 17.8. The van der Waals surface area contributed by atoms with Gasteiger partial charge in [-0.1, -0.05) is 40.2 Å². The largest absolute Gasteiger partial charge is 0.422 e. The molecule has 4 rings (SSSR count). The Morgan fingerprint density at radius 3 is 2.55 bits per heavy atom. The number of carbonyl (C=O) groups excluding carboxylic acids is 1. The molecule has 1 aliphatic rings. The average Bonchev–Trinajstić information content (AvgIpc) is 3.11. The first-order chi connectivity index (χ1) is 14.0. The van der Waals surface area contributed by atoms with E-state index in [4.69, 9.17) is 10.1 Å². The van der Waals surface area contributed by atoms with Crippen LogP contribution in [-0.4, -0.2) is 22.0 Å². The summed E-state index contributed by atoms with van der Waals surface area (Å²) in [5, 5.41) is 27.9. The lowest BCUT2D eigenvalue weighted by Gasteiger charge is -2.28. The zero-order valence-electron chi connectivity index (χ0n) is 15.4. The highest BCUT2D eigenvalue weighted by atomic mass is 79.9. The fourth-order valence-corrected chi connectivity index (χ4v) is 3.76. The lowest BCUT2D eigenvalue weighted by molar-refractivity contribution is -0.114. The van der Waals surface area contributed by atoms with E-state index in [-0.39, 0.29) is 11.8 Å². The van der Waals surface area contributed by atoms with Gasteiger partial charge in [-0.15, -0.1) is 5.10 Å². The number of benzene rings is 2. The van der Waals surface area contributed by atoms with E-state index in [0.717, 1.165) is 26.9 Å². The standard InChI is InChI=1S/C21H16BrN5O2/c1-11(28)25-15-8-4-12(5-9-15)17-16(10-23)20(24)29-21-18(17)19(26-27-21)13-2-6-14(22)7-3-13/h2-9,16-17,24H,1H3,(H,25,28)(H,26,27). The summed E-state index contributed by atoms with van der Waals surface area (Å²) < 4.78 is 6.49. The summed E-state index contributed by atoms with van der Waals surface area (Å²) in [5.41, 5.74) is 3.88. The van der Waals surface area contributed by atoms with Crippen molar-refractivity contribution < 1.29 is 9.53 Å². The van der Waals surface area contributed by atoms with Gasteiger partial charge in [0.05, 0.1) is 17.3 Å². The summed E-state index contributed by atoms with van der Waals surface area (Å²) in [7, 11) is 0. The van der Waals surface area contributed by atoms with Crippen LogP contribution in [0.1, 0.15) is 24.0 Å². The molecule has 144 valence electrons. The topological polar surface area (TPSA) is 115 Å². The molecule has 8 heteroatoms. The first-order valence-corrected chi connectivity index (χ1v) is 9.65. The predicted octanol–water partition coefficient (Wildman–Crippen LogP) is 4.44. The Labute approximate surface area is 175 Å². The molecule has 2 unspecified atom stereocenters. The van der Waals surface area contributed by atoms with Crippen molar-refractivity contribution in [3.63, 3.8) is 0 Å². The maximum atomic E-state index is 11.3. The van der Waals surface area contributed by atoms with Gasteiger partial charge in [-0.2, -0.15) is 5.26 Å². The summed E-state index contributed by atoms with van der Waals surface area (Å²) in [4.78, 5) is 11.3. The van der Waals surface area contributed by atoms with Crippen LogP contribution in [0.15, 0.2) is 53.0 Å². The number of fused-ring (bicyclic) bond motifs is 1. The molecule has 1 amide bonds. The Morgan fingerprint density at radius 2 is 1.93 bits per heavy atom. The number of amides is 1. The minimum Gasteiger partial charge on any atom is -0.422 e. The third-order valence-electron chi connectivity index (χ3n) is 4.76. The molecule has 0 aliphatic carbocycles. The van der Waals surface area contributed by atoms with Crippen molar-refractivity contribution >= 4 is 33.4 Å². The molecule has 0 fully saturated rings. The van der Waals surface area contributed by atoms with E-state index in [1.807, 2.05) is 36.4 Å². The van der Waals surface area contributed by atoms with Crippen LogP contribution >= 0.6 is 15.9 Å². The van der Waals surface area contributed by atoms with Gasteiger partial charge >= 0.3 is 0 Å². The zero-order valence-corrected chi connectivity index (χ0v) is 16.9. The highest BCUT2D eigenvalue weighted by Crippen LogP contribution is 2.45. The van der Waals surface area contributed by atoms with Gasteiger partial charge in [-0.05, 0) is 29.8 Å². The maximum absolute atomic E-state index is 11.3. The smallest absolute Gasteiger partial charge is 0.244 e. The molecular weight excluding hydrogens is 434 g/mol. The molecule has 3 aromatic rings. The third-order valence-corrected chi connectivity index (χ3v) is 5.29. The SMILES string of the molecule is CC(=O)Nc1ccc(C2c3c(n[nH]c3-c3ccc(Br)cc3)OC(=N)C2C#N)cc1. The maximum Gasteiger partial charge on any atom is 0.244 e. The van der Waals surface area contributed by atoms with Gasteiger partial charge in [0.15, 0.2) is 0 Å². The second-order valence-corrected chi connectivity index (χ2v) is 7.59. The zero-order chi connectivity index (χ0) is 20.5. The molecule has 0 spiro atoms. The van der Waals surface area contributed by atoms with Gasteiger partial charge < -0.3 is 10.1 Å². The van der Waals surface area contributed by atoms with Crippen molar-refractivity contribution in [2.75, 3.05) is 5.32 Å². The van der Waals surface area contributed by atoms with E-state index >= 15 is 0 Å². The van der Waals surface area contributed by atoms with Gasteiger partial charge in [-0.25, -0.2) is 0 Å². The molecule has 0 radical (unpaired) electrons. The van der Waals surface area contributed by atoms with E-state index in [1.165, 1.54) is 6.92 Å². The Bertz CT molecular complexity index is 1130. The number of H-pyrrole nitrogens is 1. The third kappa shape index (κ3) is 3.52. The van der Waals surface area contributed by atoms with Gasteiger partial charge in [0, 0.05) is 28.6 Å². The molecule has 0 saturated heterocycles. The number of carbonyl (C=O) groups is 1. The van der Waals surface area contributed by atoms with Crippen LogP contribution in [0.3, 0.4) is 0 Å². The van der Waals surface area contributed by atoms with Crippen LogP contribution in [-0.2, 0) is 4.79 Å². The number of anilines is 1. The molecule has 7 nitrogen and oxygen atoms in total. The molecule has 0 bridgehead atoms. The molecule has 3 N–H and O–H groups in total. The number of aromatic amines is 1. The number of nitrogens with one attached hydrogen (secondary N) is 3. The quantitative estimate of drug-likeness (QED) is 0.547. The lowest BCUT2D eigenvalue weighted by atomic mass is 9.79.